The van der Waals surface area contributed by atoms with Gasteiger partial charge in [0.15, 0.2) is 0 Å². The highest BCUT2D eigenvalue weighted by Crippen LogP contribution is 2.31. The Morgan fingerprint density at radius 1 is 1.44 bits per heavy atom. The van der Waals surface area contributed by atoms with E-state index < -0.39 is 0 Å². The number of nitrogens with one attached hydrogen (secondary N) is 2. The van der Waals surface area contributed by atoms with Gasteiger partial charge in [0.25, 0.3) is 0 Å². The van der Waals surface area contributed by atoms with Gasteiger partial charge in [-0.1, -0.05) is 19.8 Å². The summed E-state index contributed by atoms with van der Waals surface area (Å²) < 4.78 is 0. The molecule has 2 N–H and O–H groups in total. The van der Waals surface area contributed by atoms with E-state index in [0.717, 1.165) is 24.2 Å². The van der Waals surface area contributed by atoms with Crippen LogP contribution < -0.4 is 10.6 Å². The SMILES string of the molecule is CNc1nccc(NCC2CCCC2C)n1. The number of hydrogen-bond donors (Lipinski definition) is 2. The predicted octanol–water partition coefficient (Wildman–Crippen LogP) is 2.37. The van der Waals surface area contributed by atoms with Crippen molar-refractivity contribution in [3.05, 3.63) is 12.3 Å². The van der Waals surface area contributed by atoms with E-state index in [9.17, 15) is 0 Å². The molecule has 2 rings (SSSR count). The molecule has 1 aliphatic carbocycles. The summed E-state index contributed by atoms with van der Waals surface area (Å²) in [5.74, 6) is 3.23. The Hall–Kier alpha value is -1.32. The number of rotatable bonds is 4. The zero-order chi connectivity index (χ0) is 11.4. The summed E-state index contributed by atoms with van der Waals surface area (Å²) in [7, 11) is 1.83. The minimum atomic E-state index is 0.671. The monoisotopic (exact) mass is 220 g/mol. The van der Waals surface area contributed by atoms with Crippen LogP contribution in [0.4, 0.5) is 11.8 Å². The van der Waals surface area contributed by atoms with E-state index in [2.05, 4.69) is 27.5 Å². The summed E-state index contributed by atoms with van der Waals surface area (Å²) in [5, 5.41) is 6.34. The molecule has 0 radical (unpaired) electrons. The van der Waals surface area contributed by atoms with Gasteiger partial charge < -0.3 is 10.6 Å². The molecule has 0 aliphatic heterocycles. The Bertz CT molecular complexity index is 340. The van der Waals surface area contributed by atoms with Crippen molar-refractivity contribution >= 4 is 11.8 Å². The minimum absolute atomic E-state index is 0.671. The fourth-order valence-corrected chi connectivity index (χ4v) is 2.34. The fourth-order valence-electron chi connectivity index (χ4n) is 2.34. The maximum Gasteiger partial charge on any atom is 0.224 e. The number of hydrogen-bond acceptors (Lipinski definition) is 4. The van der Waals surface area contributed by atoms with Gasteiger partial charge in [0.2, 0.25) is 5.95 Å². The van der Waals surface area contributed by atoms with E-state index in [0.29, 0.717) is 5.95 Å². The normalized spacial score (nSPS) is 24.4. The maximum absolute atomic E-state index is 4.34. The Kier molecular flexibility index (Phi) is 3.59. The average Bonchev–Trinajstić information content (AvgIpc) is 2.72. The lowest BCUT2D eigenvalue weighted by Gasteiger charge is -2.16. The molecule has 0 saturated heterocycles. The molecule has 0 amide bonds. The first-order chi connectivity index (χ1) is 7.79. The lowest BCUT2D eigenvalue weighted by atomic mass is 9.98. The van der Waals surface area contributed by atoms with Crippen LogP contribution in [-0.4, -0.2) is 23.6 Å². The van der Waals surface area contributed by atoms with Crippen molar-refractivity contribution in [3.63, 3.8) is 0 Å². The third kappa shape index (κ3) is 2.62. The topological polar surface area (TPSA) is 49.8 Å². The number of aromatic nitrogens is 2. The minimum Gasteiger partial charge on any atom is -0.370 e. The van der Waals surface area contributed by atoms with E-state index in [4.69, 9.17) is 0 Å². The van der Waals surface area contributed by atoms with E-state index in [-0.39, 0.29) is 0 Å². The molecule has 1 fully saturated rings. The van der Waals surface area contributed by atoms with Gasteiger partial charge in [-0.15, -0.1) is 0 Å². The Balaban J connectivity index is 1.88. The van der Waals surface area contributed by atoms with Gasteiger partial charge in [-0.05, 0) is 24.3 Å². The summed E-state index contributed by atoms with van der Waals surface area (Å²) in [6, 6.07) is 1.92. The van der Waals surface area contributed by atoms with Crippen LogP contribution in [0.25, 0.3) is 0 Å². The smallest absolute Gasteiger partial charge is 0.224 e. The van der Waals surface area contributed by atoms with Crippen molar-refractivity contribution in [2.24, 2.45) is 11.8 Å². The molecular weight excluding hydrogens is 200 g/mol. The van der Waals surface area contributed by atoms with Crippen LogP contribution >= 0.6 is 0 Å². The van der Waals surface area contributed by atoms with Crippen LogP contribution in [0, 0.1) is 11.8 Å². The van der Waals surface area contributed by atoms with E-state index in [1.807, 2.05) is 13.1 Å². The molecule has 1 heterocycles. The lowest BCUT2D eigenvalue weighted by Crippen LogP contribution is -2.17. The molecule has 2 atom stereocenters. The van der Waals surface area contributed by atoms with Crippen molar-refractivity contribution in [2.45, 2.75) is 26.2 Å². The highest BCUT2D eigenvalue weighted by Gasteiger charge is 2.22. The summed E-state index contributed by atoms with van der Waals surface area (Å²) in [6.07, 6.45) is 5.87. The molecule has 0 spiro atoms. The van der Waals surface area contributed by atoms with E-state index >= 15 is 0 Å². The van der Waals surface area contributed by atoms with Gasteiger partial charge in [0.1, 0.15) is 5.82 Å². The van der Waals surface area contributed by atoms with E-state index in [1.54, 1.807) is 6.20 Å². The standard InChI is InChI=1S/C12H20N4/c1-9-4-3-5-10(9)8-15-11-6-7-14-12(13-2)16-11/h6-7,9-10H,3-5,8H2,1-2H3,(H2,13,14,15,16). The van der Waals surface area contributed by atoms with Crippen molar-refractivity contribution in [1.29, 1.82) is 0 Å². The first-order valence-corrected chi connectivity index (χ1v) is 6.04. The van der Waals surface area contributed by atoms with Crippen molar-refractivity contribution < 1.29 is 0 Å². The largest absolute Gasteiger partial charge is 0.370 e. The van der Waals surface area contributed by atoms with Crippen molar-refractivity contribution in [2.75, 3.05) is 24.2 Å². The third-order valence-electron chi connectivity index (χ3n) is 3.46. The third-order valence-corrected chi connectivity index (χ3v) is 3.46. The van der Waals surface area contributed by atoms with Gasteiger partial charge in [-0.3, -0.25) is 0 Å². The first-order valence-electron chi connectivity index (χ1n) is 6.04. The van der Waals surface area contributed by atoms with Crippen molar-refractivity contribution in [1.82, 2.24) is 9.97 Å². The van der Waals surface area contributed by atoms with Crippen LogP contribution in [0.5, 0.6) is 0 Å². The van der Waals surface area contributed by atoms with Gasteiger partial charge in [0.05, 0.1) is 0 Å². The lowest BCUT2D eigenvalue weighted by molar-refractivity contribution is 0.439. The Morgan fingerprint density at radius 3 is 3.00 bits per heavy atom. The summed E-state index contributed by atoms with van der Waals surface area (Å²) >= 11 is 0. The predicted molar refractivity (Wildman–Crippen MR) is 66.6 cm³/mol. The van der Waals surface area contributed by atoms with Crippen LogP contribution in [0.1, 0.15) is 26.2 Å². The van der Waals surface area contributed by atoms with Crippen LogP contribution in [0.15, 0.2) is 12.3 Å². The van der Waals surface area contributed by atoms with Crippen molar-refractivity contribution in [3.8, 4) is 0 Å². The molecule has 0 aromatic carbocycles. The van der Waals surface area contributed by atoms with E-state index in [1.165, 1.54) is 19.3 Å². The quantitative estimate of drug-likeness (QED) is 0.818. The zero-order valence-corrected chi connectivity index (χ0v) is 10.0. The molecule has 1 saturated carbocycles. The molecule has 16 heavy (non-hydrogen) atoms. The summed E-state index contributed by atoms with van der Waals surface area (Å²) in [5.41, 5.74) is 0. The summed E-state index contributed by atoms with van der Waals surface area (Å²) in [6.45, 7) is 3.37. The Morgan fingerprint density at radius 2 is 2.31 bits per heavy atom. The van der Waals surface area contributed by atoms with Gasteiger partial charge in [-0.2, -0.15) is 4.98 Å². The molecule has 2 unspecified atom stereocenters. The Labute approximate surface area is 96.9 Å². The maximum atomic E-state index is 4.34. The second-order valence-electron chi connectivity index (χ2n) is 4.56. The molecule has 4 heteroatoms. The van der Waals surface area contributed by atoms with Gasteiger partial charge in [0, 0.05) is 19.8 Å². The molecule has 1 aromatic heterocycles. The highest BCUT2D eigenvalue weighted by molar-refractivity contribution is 5.39. The second-order valence-corrected chi connectivity index (χ2v) is 4.56. The second kappa shape index (κ2) is 5.14. The molecular formula is C12H20N4. The molecule has 4 nitrogen and oxygen atoms in total. The highest BCUT2D eigenvalue weighted by atomic mass is 15.1. The molecule has 88 valence electrons. The van der Waals surface area contributed by atoms with Gasteiger partial charge >= 0.3 is 0 Å². The number of nitrogens with zero attached hydrogens (tertiary/aromatic N) is 2. The van der Waals surface area contributed by atoms with Crippen LogP contribution in [0.3, 0.4) is 0 Å². The van der Waals surface area contributed by atoms with Crippen LogP contribution in [-0.2, 0) is 0 Å². The molecule has 0 bridgehead atoms. The molecule has 1 aliphatic rings. The fraction of sp³-hybridized carbons (Fsp3) is 0.667. The first kappa shape index (κ1) is 11.2. The zero-order valence-electron chi connectivity index (χ0n) is 10.0. The van der Waals surface area contributed by atoms with Crippen LogP contribution in [0.2, 0.25) is 0 Å². The molecule has 1 aromatic rings. The number of anilines is 2. The van der Waals surface area contributed by atoms with Gasteiger partial charge in [-0.25, -0.2) is 4.98 Å². The summed E-state index contributed by atoms with van der Waals surface area (Å²) in [4.78, 5) is 8.43. The average molecular weight is 220 g/mol.